The van der Waals surface area contributed by atoms with E-state index < -0.39 is 5.91 Å². The topological polar surface area (TPSA) is 55.1 Å². The second-order valence-corrected chi connectivity index (χ2v) is 6.15. The predicted molar refractivity (Wildman–Crippen MR) is 89.1 cm³/mol. The Kier molecular flexibility index (Phi) is 3.82. The van der Waals surface area contributed by atoms with Crippen molar-refractivity contribution in [2.24, 2.45) is 5.73 Å². The SMILES string of the molecule is NC(=O)c1cccc(NCc2sc3ccccc3c2Cl)c1. The van der Waals surface area contributed by atoms with E-state index in [-0.39, 0.29) is 0 Å². The molecule has 0 bridgehead atoms. The second kappa shape index (κ2) is 5.76. The zero-order valence-corrected chi connectivity index (χ0v) is 12.7. The monoisotopic (exact) mass is 316 g/mol. The first-order valence-electron chi connectivity index (χ1n) is 6.45. The largest absolute Gasteiger partial charge is 0.380 e. The average Bonchev–Trinajstić information content (AvgIpc) is 2.82. The Morgan fingerprint density at radius 2 is 2.00 bits per heavy atom. The van der Waals surface area contributed by atoms with Gasteiger partial charge in [0.05, 0.1) is 11.6 Å². The molecule has 3 rings (SSSR count). The third-order valence-electron chi connectivity index (χ3n) is 3.20. The summed E-state index contributed by atoms with van der Waals surface area (Å²) in [5, 5.41) is 5.14. The minimum Gasteiger partial charge on any atom is -0.380 e. The number of rotatable bonds is 4. The number of thiophene rings is 1. The van der Waals surface area contributed by atoms with Gasteiger partial charge < -0.3 is 11.1 Å². The fourth-order valence-corrected chi connectivity index (χ4v) is 3.58. The highest BCUT2D eigenvalue weighted by molar-refractivity contribution is 7.19. The lowest BCUT2D eigenvalue weighted by atomic mass is 10.2. The molecule has 1 amide bonds. The molecule has 5 heteroatoms. The molecule has 0 fully saturated rings. The standard InChI is InChI=1S/C16H13ClN2OS/c17-15-12-6-1-2-7-13(12)21-14(15)9-19-11-5-3-4-10(8-11)16(18)20/h1-8,19H,9H2,(H2,18,20). The van der Waals surface area contributed by atoms with E-state index in [2.05, 4.69) is 11.4 Å². The number of carbonyl (C=O) groups excluding carboxylic acids is 1. The van der Waals surface area contributed by atoms with Crippen LogP contribution >= 0.6 is 22.9 Å². The molecule has 0 saturated carbocycles. The molecule has 3 N–H and O–H groups in total. The summed E-state index contributed by atoms with van der Waals surface area (Å²) in [7, 11) is 0. The highest BCUT2D eigenvalue weighted by atomic mass is 35.5. The van der Waals surface area contributed by atoms with Crippen LogP contribution in [0.25, 0.3) is 10.1 Å². The summed E-state index contributed by atoms with van der Waals surface area (Å²) in [4.78, 5) is 12.2. The van der Waals surface area contributed by atoms with Crippen molar-refractivity contribution in [3.8, 4) is 0 Å². The summed E-state index contributed by atoms with van der Waals surface area (Å²) in [5.74, 6) is -0.432. The van der Waals surface area contributed by atoms with E-state index in [4.69, 9.17) is 17.3 Å². The molecule has 0 atom stereocenters. The van der Waals surface area contributed by atoms with Crippen LogP contribution in [-0.4, -0.2) is 5.91 Å². The highest BCUT2D eigenvalue weighted by Crippen LogP contribution is 2.35. The summed E-state index contributed by atoms with van der Waals surface area (Å²) in [6.07, 6.45) is 0. The van der Waals surface area contributed by atoms with Gasteiger partial charge in [0.2, 0.25) is 5.91 Å². The lowest BCUT2D eigenvalue weighted by Crippen LogP contribution is -2.11. The molecule has 21 heavy (non-hydrogen) atoms. The highest BCUT2D eigenvalue weighted by Gasteiger charge is 2.09. The van der Waals surface area contributed by atoms with Crippen LogP contribution in [0.15, 0.2) is 48.5 Å². The van der Waals surface area contributed by atoms with Crippen molar-refractivity contribution in [3.63, 3.8) is 0 Å². The van der Waals surface area contributed by atoms with Gasteiger partial charge in [-0.25, -0.2) is 0 Å². The molecular formula is C16H13ClN2OS. The van der Waals surface area contributed by atoms with Gasteiger partial charge in [0.15, 0.2) is 0 Å². The van der Waals surface area contributed by atoms with Gasteiger partial charge in [-0.2, -0.15) is 0 Å². The van der Waals surface area contributed by atoms with Gasteiger partial charge >= 0.3 is 0 Å². The number of hydrogen-bond acceptors (Lipinski definition) is 3. The van der Waals surface area contributed by atoms with Crippen molar-refractivity contribution in [2.45, 2.75) is 6.54 Å². The molecule has 0 spiro atoms. The summed E-state index contributed by atoms with van der Waals surface area (Å²) in [6, 6.07) is 15.2. The Balaban J connectivity index is 1.82. The van der Waals surface area contributed by atoms with Gasteiger partial charge in [0.1, 0.15) is 0 Å². The van der Waals surface area contributed by atoms with E-state index >= 15 is 0 Å². The van der Waals surface area contributed by atoms with E-state index in [1.807, 2.05) is 24.3 Å². The second-order valence-electron chi connectivity index (χ2n) is 4.63. The molecule has 3 aromatic rings. The first-order valence-corrected chi connectivity index (χ1v) is 7.64. The summed E-state index contributed by atoms with van der Waals surface area (Å²) in [5.41, 5.74) is 6.61. The third kappa shape index (κ3) is 2.86. The zero-order chi connectivity index (χ0) is 14.8. The Hall–Kier alpha value is -2.04. The van der Waals surface area contributed by atoms with Crippen LogP contribution in [0.4, 0.5) is 5.69 Å². The molecule has 0 aliphatic heterocycles. The van der Waals surface area contributed by atoms with Crippen molar-refractivity contribution >= 4 is 44.6 Å². The van der Waals surface area contributed by atoms with Crippen molar-refractivity contribution in [1.29, 1.82) is 0 Å². The van der Waals surface area contributed by atoms with Gasteiger partial charge in [0, 0.05) is 26.2 Å². The van der Waals surface area contributed by atoms with Gasteiger partial charge in [-0.05, 0) is 24.3 Å². The number of carbonyl (C=O) groups is 1. The Bertz CT molecular complexity index is 813. The number of fused-ring (bicyclic) bond motifs is 1. The Morgan fingerprint density at radius 1 is 1.19 bits per heavy atom. The molecule has 0 aliphatic carbocycles. The average molecular weight is 317 g/mol. The van der Waals surface area contributed by atoms with Gasteiger partial charge in [-0.1, -0.05) is 35.9 Å². The van der Waals surface area contributed by atoms with E-state index in [0.717, 1.165) is 21.0 Å². The molecule has 0 unspecified atom stereocenters. The number of nitrogens with one attached hydrogen (secondary N) is 1. The lowest BCUT2D eigenvalue weighted by Gasteiger charge is -2.06. The minimum atomic E-state index is -0.432. The van der Waals surface area contributed by atoms with Crippen molar-refractivity contribution in [3.05, 3.63) is 64.0 Å². The number of amides is 1. The number of primary amides is 1. The number of benzene rings is 2. The molecule has 2 aromatic carbocycles. The first kappa shape index (κ1) is 13.9. The maximum Gasteiger partial charge on any atom is 0.248 e. The molecule has 106 valence electrons. The summed E-state index contributed by atoms with van der Waals surface area (Å²) >= 11 is 8.07. The van der Waals surface area contributed by atoms with E-state index in [0.29, 0.717) is 12.1 Å². The van der Waals surface area contributed by atoms with Crippen LogP contribution in [-0.2, 0) is 6.54 Å². The fourth-order valence-electron chi connectivity index (χ4n) is 2.14. The Labute approximate surface area is 131 Å². The van der Waals surface area contributed by atoms with Crippen LogP contribution < -0.4 is 11.1 Å². The zero-order valence-electron chi connectivity index (χ0n) is 11.1. The van der Waals surface area contributed by atoms with Crippen LogP contribution in [0.3, 0.4) is 0 Å². The van der Waals surface area contributed by atoms with Crippen LogP contribution in [0.5, 0.6) is 0 Å². The van der Waals surface area contributed by atoms with Crippen LogP contribution in [0, 0.1) is 0 Å². The molecule has 0 aliphatic rings. The van der Waals surface area contributed by atoms with E-state index in [1.165, 1.54) is 4.70 Å². The Morgan fingerprint density at radius 3 is 2.76 bits per heavy atom. The normalized spacial score (nSPS) is 10.7. The van der Waals surface area contributed by atoms with Crippen LogP contribution in [0.1, 0.15) is 15.2 Å². The van der Waals surface area contributed by atoms with Crippen molar-refractivity contribution in [1.82, 2.24) is 0 Å². The fraction of sp³-hybridized carbons (Fsp3) is 0.0625. The number of anilines is 1. The molecule has 1 aromatic heterocycles. The number of hydrogen-bond donors (Lipinski definition) is 2. The maximum absolute atomic E-state index is 11.2. The third-order valence-corrected chi connectivity index (χ3v) is 4.92. The van der Waals surface area contributed by atoms with Gasteiger partial charge in [-0.15, -0.1) is 11.3 Å². The molecule has 1 heterocycles. The number of nitrogens with two attached hydrogens (primary N) is 1. The van der Waals surface area contributed by atoms with Gasteiger partial charge in [0.25, 0.3) is 0 Å². The predicted octanol–water partition coefficient (Wildman–Crippen LogP) is 4.27. The molecule has 3 nitrogen and oxygen atoms in total. The summed E-state index contributed by atoms with van der Waals surface area (Å²) in [6.45, 7) is 0.612. The maximum atomic E-state index is 11.2. The molecule has 0 radical (unpaired) electrons. The smallest absolute Gasteiger partial charge is 0.248 e. The van der Waals surface area contributed by atoms with Crippen LogP contribution in [0.2, 0.25) is 5.02 Å². The molecular weight excluding hydrogens is 304 g/mol. The number of halogens is 1. The van der Waals surface area contributed by atoms with E-state index in [9.17, 15) is 4.79 Å². The summed E-state index contributed by atoms with van der Waals surface area (Å²) < 4.78 is 1.17. The van der Waals surface area contributed by atoms with Gasteiger partial charge in [-0.3, -0.25) is 4.79 Å². The minimum absolute atomic E-state index is 0.432. The van der Waals surface area contributed by atoms with Crippen molar-refractivity contribution in [2.75, 3.05) is 5.32 Å². The van der Waals surface area contributed by atoms with Crippen molar-refractivity contribution < 1.29 is 4.79 Å². The first-order chi connectivity index (χ1) is 10.1. The molecule has 0 saturated heterocycles. The van der Waals surface area contributed by atoms with E-state index in [1.54, 1.807) is 29.5 Å². The quantitative estimate of drug-likeness (QED) is 0.755. The lowest BCUT2D eigenvalue weighted by molar-refractivity contribution is 0.100.